The maximum atomic E-state index is 12.9. The van der Waals surface area contributed by atoms with E-state index in [1.807, 2.05) is 6.92 Å². The molecule has 2 aromatic rings. The zero-order chi connectivity index (χ0) is 21.2. The van der Waals surface area contributed by atoms with Gasteiger partial charge in [-0.05, 0) is 50.2 Å². The van der Waals surface area contributed by atoms with Crippen LogP contribution in [-0.4, -0.2) is 35.9 Å². The van der Waals surface area contributed by atoms with Crippen LogP contribution in [0.1, 0.15) is 19.4 Å². The summed E-state index contributed by atoms with van der Waals surface area (Å²) in [5, 5.41) is 5.92. The number of nitrogens with zero attached hydrogens (tertiary/aromatic N) is 1. The van der Waals surface area contributed by atoms with Gasteiger partial charge in [0.15, 0.2) is 0 Å². The lowest BCUT2D eigenvalue weighted by Gasteiger charge is -2.23. The Balaban J connectivity index is 1.72. The molecule has 1 fully saturated rings. The lowest BCUT2D eigenvalue weighted by molar-refractivity contribution is -0.133. The summed E-state index contributed by atoms with van der Waals surface area (Å²) in [4.78, 5) is 38.5. The number of hydrogen-bond donors (Lipinski definition) is 2. The normalized spacial score (nSPS) is 18.6. The summed E-state index contributed by atoms with van der Waals surface area (Å²) in [6.07, 6.45) is 0. The van der Waals surface area contributed by atoms with Crippen molar-refractivity contribution in [1.82, 2.24) is 10.2 Å². The molecule has 0 saturated carbocycles. The molecule has 3 rings (SSSR count). The molecule has 9 heteroatoms. The van der Waals surface area contributed by atoms with E-state index in [9.17, 15) is 14.4 Å². The van der Waals surface area contributed by atoms with E-state index in [2.05, 4.69) is 10.6 Å². The molecular weight excluding hydrogens is 417 g/mol. The molecule has 1 saturated heterocycles. The van der Waals surface area contributed by atoms with E-state index in [0.717, 1.165) is 4.90 Å². The zero-order valence-electron chi connectivity index (χ0n) is 15.8. The highest BCUT2D eigenvalue weighted by Gasteiger charge is 2.50. The molecule has 1 atom stereocenters. The van der Waals surface area contributed by atoms with Crippen molar-refractivity contribution >= 4 is 46.7 Å². The Morgan fingerprint density at radius 1 is 1.17 bits per heavy atom. The van der Waals surface area contributed by atoms with Crippen LogP contribution >= 0.6 is 23.2 Å². The Kier molecular flexibility index (Phi) is 6.00. The highest BCUT2D eigenvalue weighted by atomic mass is 35.5. The first-order valence-electron chi connectivity index (χ1n) is 8.87. The van der Waals surface area contributed by atoms with Crippen LogP contribution in [0, 0.1) is 0 Å². The second kappa shape index (κ2) is 8.31. The van der Waals surface area contributed by atoms with Crippen molar-refractivity contribution in [3.63, 3.8) is 0 Å². The Hall–Kier alpha value is -2.77. The van der Waals surface area contributed by atoms with Gasteiger partial charge in [-0.2, -0.15) is 0 Å². The third-order valence-electron chi connectivity index (χ3n) is 4.50. The number of nitrogens with one attached hydrogen (secondary N) is 2. The van der Waals surface area contributed by atoms with Crippen LogP contribution in [0.3, 0.4) is 0 Å². The van der Waals surface area contributed by atoms with Crippen LogP contribution in [-0.2, 0) is 15.1 Å². The Morgan fingerprint density at radius 3 is 2.48 bits per heavy atom. The molecule has 4 amide bonds. The SMILES string of the molecule is CCOc1ccc(NC(=O)CN2C(=O)N[C@](C)(c3ccc(Cl)cc3Cl)C2=O)cc1. The molecule has 7 nitrogen and oxygen atoms in total. The van der Waals surface area contributed by atoms with Gasteiger partial charge in [0, 0.05) is 21.3 Å². The molecule has 152 valence electrons. The van der Waals surface area contributed by atoms with Gasteiger partial charge < -0.3 is 15.4 Å². The van der Waals surface area contributed by atoms with Gasteiger partial charge >= 0.3 is 6.03 Å². The van der Waals surface area contributed by atoms with E-state index in [1.165, 1.54) is 13.0 Å². The lowest BCUT2D eigenvalue weighted by atomic mass is 9.92. The molecular formula is C20H19Cl2N3O4. The quantitative estimate of drug-likeness (QED) is 0.675. The fourth-order valence-corrected chi connectivity index (χ4v) is 3.66. The molecule has 0 unspecified atom stereocenters. The van der Waals surface area contributed by atoms with Crippen molar-refractivity contribution in [3.8, 4) is 5.75 Å². The molecule has 1 aliphatic heterocycles. The molecule has 1 aliphatic rings. The van der Waals surface area contributed by atoms with E-state index in [-0.39, 0.29) is 5.02 Å². The van der Waals surface area contributed by atoms with Crippen molar-refractivity contribution in [2.75, 3.05) is 18.5 Å². The summed E-state index contributed by atoms with van der Waals surface area (Å²) in [5.41, 5.74) is -0.469. The molecule has 2 aromatic carbocycles. The Labute approximate surface area is 177 Å². The number of rotatable bonds is 6. The highest BCUT2D eigenvalue weighted by molar-refractivity contribution is 6.35. The molecule has 1 heterocycles. The van der Waals surface area contributed by atoms with Gasteiger partial charge in [-0.1, -0.05) is 29.3 Å². The third-order valence-corrected chi connectivity index (χ3v) is 5.04. The van der Waals surface area contributed by atoms with Crippen molar-refractivity contribution in [2.24, 2.45) is 0 Å². The number of anilines is 1. The molecule has 0 aromatic heterocycles. The van der Waals surface area contributed by atoms with Crippen molar-refractivity contribution in [2.45, 2.75) is 19.4 Å². The van der Waals surface area contributed by atoms with Crippen LogP contribution in [0.25, 0.3) is 0 Å². The topological polar surface area (TPSA) is 87.7 Å². The Bertz CT molecular complexity index is 965. The molecule has 0 bridgehead atoms. The second-order valence-electron chi connectivity index (χ2n) is 6.58. The summed E-state index contributed by atoms with van der Waals surface area (Å²) >= 11 is 12.1. The number of imide groups is 1. The van der Waals surface area contributed by atoms with Crippen LogP contribution in [0.2, 0.25) is 10.0 Å². The van der Waals surface area contributed by atoms with Gasteiger partial charge in [-0.15, -0.1) is 0 Å². The van der Waals surface area contributed by atoms with E-state index < -0.39 is 29.9 Å². The van der Waals surface area contributed by atoms with Crippen LogP contribution in [0.15, 0.2) is 42.5 Å². The molecule has 29 heavy (non-hydrogen) atoms. The second-order valence-corrected chi connectivity index (χ2v) is 7.42. The Morgan fingerprint density at radius 2 is 1.86 bits per heavy atom. The summed E-state index contributed by atoms with van der Waals surface area (Å²) in [5.74, 6) is -0.409. The minimum atomic E-state index is -1.39. The number of benzene rings is 2. The van der Waals surface area contributed by atoms with Gasteiger partial charge in [-0.25, -0.2) is 4.79 Å². The first kappa shape index (κ1) is 21.0. The molecule has 0 spiro atoms. The summed E-state index contributed by atoms with van der Waals surface area (Å²) in [6, 6.07) is 10.7. The maximum absolute atomic E-state index is 12.9. The summed E-state index contributed by atoms with van der Waals surface area (Å²) in [6.45, 7) is 3.51. The fraction of sp³-hybridized carbons (Fsp3) is 0.250. The number of carbonyl (C=O) groups excluding carboxylic acids is 3. The van der Waals surface area contributed by atoms with Crippen LogP contribution in [0.4, 0.5) is 10.5 Å². The maximum Gasteiger partial charge on any atom is 0.325 e. The van der Waals surface area contributed by atoms with Crippen molar-refractivity contribution < 1.29 is 19.1 Å². The van der Waals surface area contributed by atoms with Crippen molar-refractivity contribution in [3.05, 3.63) is 58.1 Å². The summed E-state index contributed by atoms with van der Waals surface area (Å²) < 4.78 is 5.35. The van der Waals surface area contributed by atoms with Gasteiger partial charge in [0.05, 0.1) is 6.61 Å². The van der Waals surface area contributed by atoms with Crippen LogP contribution < -0.4 is 15.4 Å². The number of amides is 4. The number of hydrogen-bond acceptors (Lipinski definition) is 4. The van der Waals surface area contributed by atoms with Gasteiger partial charge in [0.25, 0.3) is 5.91 Å². The summed E-state index contributed by atoms with van der Waals surface area (Å²) in [7, 11) is 0. The largest absolute Gasteiger partial charge is 0.494 e. The molecule has 0 radical (unpaired) electrons. The monoisotopic (exact) mass is 435 g/mol. The van der Waals surface area contributed by atoms with Gasteiger partial charge in [0.2, 0.25) is 5.91 Å². The molecule has 0 aliphatic carbocycles. The number of ether oxygens (including phenoxy) is 1. The van der Waals surface area contributed by atoms with Crippen LogP contribution in [0.5, 0.6) is 5.75 Å². The van der Waals surface area contributed by atoms with Gasteiger partial charge in [-0.3, -0.25) is 14.5 Å². The smallest absolute Gasteiger partial charge is 0.325 e. The first-order valence-corrected chi connectivity index (χ1v) is 9.62. The standard InChI is InChI=1S/C20H19Cl2N3O4/c1-3-29-14-7-5-13(6-8-14)23-17(26)11-25-18(27)20(2,24-19(25)28)15-9-4-12(21)10-16(15)22/h4-10H,3,11H2,1-2H3,(H,23,26)(H,24,28)/t20-/m1/s1. The lowest BCUT2D eigenvalue weighted by Crippen LogP contribution is -2.42. The van der Waals surface area contributed by atoms with E-state index >= 15 is 0 Å². The zero-order valence-corrected chi connectivity index (χ0v) is 17.3. The number of halogens is 2. The van der Waals surface area contributed by atoms with E-state index in [0.29, 0.717) is 28.6 Å². The van der Waals surface area contributed by atoms with E-state index in [1.54, 1.807) is 36.4 Å². The average Bonchev–Trinajstić information content (AvgIpc) is 2.87. The first-order chi connectivity index (χ1) is 13.7. The number of urea groups is 1. The number of carbonyl (C=O) groups is 3. The average molecular weight is 436 g/mol. The predicted octanol–water partition coefficient (Wildman–Crippen LogP) is 3.80. The van der Waals surface area contributed by atoms with E-state index in [4.69, 9.17) is 27.9 Å². The minimum absolute atomic E-state index is 0.245. The fourth-order valence-electron chi connectivity index (χ4n) is 3.06. The van der Waals surface area contributed by atoms with Crippen molar-refractivity contribution in [1.29, 1.82) is 0 Å². The highest BCUT2D eigenvalue weighted by Crippen LogP contribution is 2.34. The predicted molar refractivity (Wildman–Crippen MR) is 110 cm³/mol. The third kappa shape index (κ3) is 4.31. The minimum Gasteiger partial charge on any atom is -0.494 e. The molecule has 2 N–H and O–H groups in total. The van der Waals surface area contributed by atoms with Gasteiger partial charge in [0.1, 0.15) is 17.8 Å².